The van der Waals surface area contributed by atoms with E-state index in [9.17, 15) is 25.3 Å². The third-order valence-corrected chi connectivity index (χ3v) is 12.7. The molecule has 3 aromatic rings. The lowest BCUT2D eigenvalue weighted by molar-refractivity contribution is 0.419. The Bertz CT molecular complexity index is 2080. The van der Waals surface area contributed by atoms with Gasteiger partial charge in [0.2, 0.25) is 30.1 Å². The van der Waals surface area contributed by atoms with Crippen molar-refractivity contribution in [3.05, 3.63) is 89.5 Å². The number of hydrogen-bond donors (Lipinski definition) is 0. The standard InChI is InChI=1S/C34H35N3O6S3/c1-28-11-17-32(18-12-28)44(38,39)35-23-5-6-24-36(45(40,41)33-19-13-29(2)14-20-33)26-9-10-31(4)37(27-8-7-25-35)46(42,43)34-21-15-30(3)16-22-34/h11-22,31H,23-27H2,1-4H3/t31-/m0/s1. The van der Waals surface area contributed by atoms with E-state index in [0.29, 0.717) is 0 Å². The van der Waals surface area contributed by atoms with E-state index in [4.69, 9.17) is 0 Å². The Morgan fingerprint density at radius 3 is 1.15 bits per heavy atom. The monoisotopic (exact) mass is 677 g/mol. The Balaban J connectivity index is 1.77. The topological polar surface area (TPSA) is 112 Å². The van der Waals surface area contributed by atoms with Crippen LogP contribution in [0, 0.1) is 56.3 Å². The summed E-state index contributed by atoms with van der Waals surface area (Å²) in [7, 11) is -12.2. The van der Waals surface area contributed by atoms with Gasteiger partial charge in [-0.15, -0.1) is 0 Å². The van der Waals surface area contributed by atoms with Gasteiger partial charge in [-0.25, -0.2) is 25.3 Å². The fourth-order valence-electron chi connectivity index (χ4n) is 4.37. The van der Waals surface area contributed by atoms with E-state index in [0.717, 1.165) is 29.6 Å². The van der Waals surface area contributed by atoms with Crippen LogP contribution in [0.25, 0.3) is 0 Å². The summed E-state index contributed by atoms with van der Waals surface area (Å²) in [6, 6.07) is 18.2. The number of rotatable bonds is 6. The summed E-state index contributed by atoms with van der Waals surface area (Å²) in [5, 5.41) is 0. The summed E-state index contributed by atoms with van der Waals surface area (Å²) < 4.78 is 85.1. The molecule has 0 radical (unpaired) electrons. The smallest absolute Gasteiger partial charge is 0.207 e. The van der Waals surface area contributed by atoms with Gasteiger partial charge in [-0.1, -0.05) is 88.6 Å². The Kier molecular flexibility index (Phi) is 11.1. The molecule has 0 aliphatic carbocycles. The third-order valence-electron chi connectivity index (χ3n) is 7.19. The average Bonchev–Trinajstić information content (AvgIpc) is 3.01. The van der Waals surface area contributed by atoms with Crippen LogP contribution in [0.3, 0.4) is 0 Å². The Morgan fingerprint density at radius 2 is 0.783 bits per heavy atom. The first-order chi connectivity index (χ1) is 21.7. The van der Waals surface area contributed by atoms with Crippen LogP contribution in [0.2, 0.25) is 0 Å². The first kappa shape index (κ1) is 34.9. The minimum Gasteiger partial charge on any atom is -0.207 e. The molecule has 0 unspecified atom stereocenters. The van der Waals surface area contributed by atoms with Crippen molar-refractivity contribution in [2.75, 3.05) is 32.7 Å². The van der Waals surface area contributed by atoms with E-state index in [1.807, 2.05) is 20.8 Å². The molecule has 0 aromatic heterocycles. The molecule has 0 N–H and O–H groups in total. The van der Waals surface area contributed by atoms with Gasteiger partial charge in [0.05, 0.1) is 53.5 Å². The molecule has 0 saturated carbocycles. The summed E-state index contributed by atoms with van der Waals surface area (Å²) in [5.41, 5.74) is 2.66. The van der Waals surface area contributed by atoms with Crippen molar-refractivity contribution >= 4 is 30.1 Å². The SMILES string of the molecule is Cc1ccc(S(=O)(=O)N2CC#CCN(S(=O)(=O)c3ccc(C)cc3)CC#C[C@H](C)N(S(=O)(=O)c3ccc(C)cc3)CC#CC2)cc1. The normalized spacial score (nSPS) is 17.6. The van der Waals surface area contributed by atoms with E-state index in [-0.39, 0.29) is 47.4 Å². The quantitative estimate of drug-likeness (QED) is 0.370. The molecule has 1 aliphatic rings. The summed E-state index contributed by atoms with van der Waals surface area (Å²) in [5.74, 6) is 16.9. The van der Waals surface area contributed by atoms with Crippen LogP contribution < -0.4 is 0 Å². The zero-order valence-electron chi connectivity index (χ0n) is 26.1. The summed E-state index contributed by atoms with van der Waals surface area (Å²) in [6.45, 7) is 5.76. The van der Waals surface area contributed by atoms with Gasteiger partial charge < -0.3 is 0 Å². The fourth-order valence-corrected chi connectivity index (χ4v) is 8.31. The van der Waals surface area contributed by atoms with E-state index in [1.54, 1.807) is 43.3 Å². The lowest BCUT2D eigenvalue weighted by atomic mass is 10.2. The number of nitrogens with zero attached hydrogens (tertiary/aromatic N) is 3. The first-order valence-corrected chi connectivity index (χ1v) is 18.7. The van der Waals surface area contributed by atoms with E-state index in [1.165, 1.54) is 36.4 Å². The van der Waals surface area contributed by atoms with Crippen LogP contribution in [0.4, 0.5) is 0 Å². The van der Waals surface area contributed by atoms with E-state index >= 15 is 0 Å². The molecule has 0 fully saturated rings. The molecule has 1 heterocycles. The van der Waals surface area contributed by atoms with Gasteiger partial charge in [0.15, 0.2) is 0 Å². The maximum atomic E-state index is 13.7. The lowest BCUT2D eigenvalue weighted by Gasteiger charge is -2.23. The molecule has 4 rings (SSSR count). The molecule has 12 heteroatoms. The first-order valence-electron chi connectivity index (χ1n) is 14.3. The van der Waals surface area contributed by atoms with Crippen LogP contribution in [0.15, 0.2) is 87.5 Å². The summed E-state index contributed by atoms with van der Waals surface area (Å²) in [6.07, 6.45) is 0. The molecule has 9 nitrogen and oxygen atoms in total. The van der Waals surface area contributed by atoms with Crippen molar-refractivity contribution in [1.82, 2.24) is 12.9 Å². The van der Waals surface area contributed by atoms with Gasteiger partial charge >= 0.3 is 0 Å². The number of sulfonamides is 3. The highest BCUT2D eigenvalue weighted by Crippen LogP contribution is 2.20. The number of hydrogen-bond acceptors (Lipinski definition) is 6. The van der Waals surface area contributed by atoms with E-state index < -0.39 is 36.1 Å². The van der Waals surface area contributed by atoms with Crippen molar-refractivity contribution in [3.63, 3.8) is 0 Å². The van der Waals surface area contributed by atoms with Crippen LogP contribution in [0.1, 0.15) is 23.6 Å². The highest BCUT2D eigenvalue weighted by atomic mass is 32.2. The van der Waals surface area contributed by atoms with Gasteiger partial charge in [0.25, 0.3) is 0 Å². The molecular formula is C34H35N3O6S3. The molecule has 1 atom stereocenters. The zero-order valence-corrected chi connectivity index (χ0v) is 28.5. The predicted octanol–water partition coefficient (Wildman–Crippen LogP) is 3.40. The fraction of sp³-hybridized carbons (Fsp3) is 0.294. The summed E-state index contributed by atoms with van der Waals surface area (Å²) in [4.78, 5) is 0.147. The molecule has 0 saturated heterocycles. The highest BCUT2D eigenvalue weighted by molar-refractivity contribution is 7.89. The molecule has 0 bridgehead atoms. The van der Waals surface area contributed by atoms with Crippen molar-refractivity contribution in [2.45, 2.75) is 48.4 Å². The maximum absolute atomic E-state index is 13.7. The van der Waals surface area contributed by atoms with Crippen molar-refractivity contribution < 1.29 is 25.3 Å². The van der Waals surface area contributed by atoms with Gasteiger partial charge in [-0.05, 0) is 64.1 Å². The van der Waals surface area contributed by atoms with Gasteiger partial charge in [0, 0.05) is 0 Å². The van der Waals surface area contributed by atoms with Crippen LogP contribution >= 0.6 is 0 Å². The molecule has 46 heavy (non-hydrogen) atoms. The van der Waals surface area contributed by atoms with Gasteiger partial charge in [-0.3, -0.25) is 0 Å². The van der Waals surface area contributed by atoms with Crippen molar-refractivity contribution in [3.8, 4) is 35.5 Å². The van der Waals surface area contributed by atoms with Crippen LogP contribution in [-0.4, -0.2) is 76.9 Å². The Hall–Kier alpha value is -3.93. The number of aryl methyl sites for hydroxylation is 3. The van der Waals surface area contributed by atoms with Crippen molar-refractivity contribution in [2.24, 2.45) is 0 Å². The lowest BCUT2D eigenvalue weighted by Crippen LogP contribution is -2.38. The third kappa shape index (κ3) is 8.26. The largest absolute Gasteiger partial charge is 0.245 e. The molecular weight excluding hydrogens is 643 g/mol. The number of benzene rings is 3. The second-order valence-electron chi connectivity index (χ2n) is 10.7. The summed E-state index contributed by atoms with van der Waals surface area (Å²) >= 11 is 0. The van der Waals surface area contributed by atoms with Crippen molar-refractivity contribution in [1.29, 1.82) is 0 Å². The Morgan fingerprint density at radius 1 is 0.478 bits per heavy atom. The molecule has 3 aromatic carbocycles. The molecule has 240 valence electrons. The van der Waals surface area contributed by atoms with Crippen LogP contribution in [-0.2, 0) is 30.1 Å². The predicted molar refractivity (Wildman–Crippen MR) is 178 cm³/mol. The second kappa shape index (κ2) is 14.7. The second-order valence-corrected chi connectivity index (χ2v) is 16.5. The van der Waals surface area contributed by atoms with Gasteiger partial charge in [-0.2, -0.15) is 12.9 Å². The molecule has 1 aliphatic heterocycles. The highest BCUT2D eigenvalue weighted by Gasteiger charge is 2.29. The van der Waals surface area contributed by atoms with E-state index in [2.05, 4.69) is 35.5 Å². The Labute approximate surface area is 273 Å². The average molecular weight is 678 g/mol. The van der Waals surface area contributed by atoms with Crippen LogP contribution in [0.5, 0.6) is 0 Å². The minimum absolute atomic E-state index is 0.0482. The zero-order chi connectivity index (χ0) is 33.5. The maximum Gasteiger partial charge on any atom is 0.245 e. The minimum atomic E-state index is -4.08. The molecule has 0 spiro atoms. The van der Waals surface area contributed by atoms with Gasteiger partial charge in [0.1, 0.15) is 0 Å². The molecule has 0 amide bonds.